The van der Waals surface area contributed by atoms with Crippen molar-refractivity contribution in [3.05, 3.63) is 51.2 Å². The van der Waals surface area contributed by atoms with Crippen LogP contribution in [0.2, 0.25) is 5.02 Å². The molecule has 2 aromatic rings. The van der Waals surface area contributed by atoms with E-state index in [2.05, 4.69) is 10.2 Å². The highest BCUT2D eigenvalue weighted by atomic mass is 35.5. The molecule has 1 N–H and O–H groups in total. The van der Waals surface area contributed by atoms with Crippen LogP contribution in [0.1, 0.15) is 5.56 Å². The van der Waals surface area contributed by atoms with Gasteiger partial charge in [-0.05, 0) is 46.7 Å². The van der Waals surface area contributed by atoms with E-state index in [1.807, 2.05) is 29.0 Å². The van der Waals surface area contributed by atoms with Gasteiger partial charge in [-0.2, -0.15) is 16.6 Å². The van der Waals surface area contributed by atoms with E-state index in [1.54, 1.807) is 18.2 Å². The summed E-state index contributed by atoms with van der Waals surface area (Å²) in [5, 5.41) is 16.4. The first kappa shape index (κ1) is 17.5. The van der Waals surface area contributed by atoms with Crippen molar-refractivity contribution in [2.75, 3.05) is 36.5 Å². The number of halogens is 1. The highest BCUT2D eigenvalue weighted by molar-refractivity contribution is 7.08. The highest BCUT2D eigenvalue weighted by Crippen LogP contribution is 2.30. The molecule has 3 rings (SSSR count). The first-order chi connectivity index (χ1) is 12.2. The van der Waals surface area contributed by atoms with Gasteiger partial charge in [-0.3, -0.25) is 4.79 Å². The quantitative estimate of drug-likeness (QED) is 0.654. The van der Waals surface area contributed by atoms with E-state index in [9.17, 15) is 10.1 Å². The smallest absolute Gasteiger partial charge is 0.266 e. The number of benzene rings is 1. The highest BCUT2D eigenvalue weighted by Gasteiger charge is 2.18. The summed E-state index contributed by atoms with van der Waals surface area (Å²) >= 11 is 7.60. The number of rotatable bonds is 4. The first-order valence-corrected chi connectivity index (χ1v) is 9.07. The number of nitriles is 1. The molecule has 1 aromatic carbocycles. The van der Waals surface area contributed by atoms with Crippen LogP contribution in [-0.2, 0) is 9.53 Å². The molecule has 1 aromatic heterocycles. The van der Waals surface area contributed by atoms with Crippen LogP contribution in [0.3, 0.4) is 0 Å². The fraction of sp³-hybridized carbons (Fsp3) is 0.222. The number of thiophene rings is 1. The van der Waals surface area contributed by atoms with Gasteiger partial charge in [0.25, 0.3) is 5.91 Å². The van der Waals surface area contributed by atoms with Crippen LogP contribution in [0.5, 0.6) is 0 Å². The monoisotopic (exact) mass is 373 g/mol. The standard InChI is InChI=1S/C18H16ClN3O2S/c19-15-1-2-17(22-4-6-24-7-5-22)16(10-15)21-18(23)14(11-20)9-13-3-8-25-12-13/h1-3,8-10,12H,4-7H2,(H,21,23)/b14-9-. The predicted molar refractivity (Wildman–Crippen MR) is 101 cm³/mol. The minimum Gasteiger partial charge on any atom is -0.378 e. The van der Waals surface area contributed by atoms with Gasteiger partial charge < -0.3 is 15.0 Å². The van der Waals surface area contributed by atoms with Crippen LogP contribution in [-0.4, -0.2) is 32.2 Å². The molecule has 1 fully saturated rings. The van der Waals surface area contributed by atoms with Gasteiger partial charge in [0.05, 0.1) is 24.6 Å². The molecule has 1 saturated heterocycles. The topological polar surface area (TPSA) is 65.4 Å². The minimum atomic E-state index is -0.453. The number of ether oxygens (including phenoxy) is 1. The lowest BCUT2D eigenvalue weighted by Crippen LogP contribution is -2.36. The molecular formula is C18H16ClN3O2S. The summed E-state index contributed by atoms with van der Waals surface area (Å²) in [5.74, 6) is -0.453. The molecule has 5 nitrogen and oxygen atoms in total. The number of anilines is 2. The Labute approximate surface area is 155 Å². The molecule has 0 radical (unpaired) electrons. The predicted octanol–water partition coefficient (Wildman–Crippen LogP) is 3.78. The molecule has 0 atom stereocenters. The Morgan fingerprint density at radius 1 is 1.36 bits per heavy atom. The van der Waals surface area contributed by atoms with E-state index in [0.717, 1.165) is 24.3 Å². The molecule has 1 amide bonds. The molecule has 0 saturated carbocycles. The number of carbonyl (C=O) groups excluding carboxylic acids is 1. The van der Waals surface area contributed by atoms with Gasteiger partial charge in [0.1, 0.15) is 11.6 Å². The second-order valence-corrected chi connectivity index (χ2v) is 6.66. The van der Waals surface area contributed by atoms with E-state index >= 15 is 0 Å². The third kappa shape index (κ3) is 4.40. The lowest BCUT2D eigenvalue weighted by molar-refractivity contribution is -0.112. The van der Waals surface area contributed by atoms with E-state index in [-0.39, 0.29) is 5.57 Å². The van der Waals surface area contributed by atoms with Crippen LogP contribution in [0.4, 0.5) is 11.4 Å². The molecule has 128 valence electrons. The zero-order valence-electron chi connectivity index (χ0n) is 13.4. The molecule has 7 heteroatoms. The fourth-order valence-electron chi connectivity index (χ4n) is 2.55. The van der Waals surface area contributed by atoms with Gasteiger partial charge in [0.2, 0.25) is 0 Å². The maximum absolute atomic E-state index is 12.5. The second-order valence-electron chi connectivity index (χ2n) is 5.44. The van der Waals surface area contributed by atoms with E-state index in [0.29, 0.717) is 23.9 Å². The van der Waals surface area contributed by atoms with E-state index < -0.39 is 5.91 Å². The molecule has 25 heavy (non-hydrogen) atoms. The van der Waals surface area contributed by atoms with Crippen molar-refractivity contribution < 1.29 is 9.53 Å². The number of hydrogen-bond acceptors (Lipinski definition) is 5. The largest absolute Gasteiger partial charge is 0.378 e. The fourth-order valence-corrected chi connectivity index (χ4v) is 3.34. The van der Waals surface area contributed by atoms with Crippen LogP contribution in [0.15, 0.2) is 40.6 Å². The number of nitrogens with zero attached hydrogens (tertiary/aromatic N) is 2. The third-order valence-electron chi connectivity index (χ3n) is 3.78. The summed E-state index contributed by atoms with van der Waals surface area (Å²) < 4.78 is 5.37. The van der Waals surface area contributed by atoms with Gasteiger partial charge in [-0.1, -0.05) is 11.6 Å². The van der Waals surface area contributed by atoms with Gasteiger partial charge >= 0.3 is 0 Å². The number of morpholine rings is 1. The third-order valence-corrected chi connectivity index (χ3v) is 4.71. The van der Waals surface area contributed by atoms with E-state index in [4.69, 9.17) is 16.3 Å². The van der Waals surface area contributed by atoms with Crippen molar-refractivity contribution in [3.8, 4) is 6.07 Å². The zero-order chi connectivity index (χ0) is 17.6. The second kappa shape index (κ2) is 8.17. The number of hydrogen-bond donors (Lipinski definition) is 1. The Morgan fingerprint density at radius 3 is 2.84 bits per heavy atom. The SMILES string of the molecule is N#C/C(=C/c1ccsc1)C(=O)Nc1cc(Cl)ccc1N1CCOCC1. The van der Waals surface area contributed by atoms with Crippen molar-refractivity contribution in [3.63, 3.8) is 0 Å². The van der Waals surface area contributed by atoms with Crippen molar-refractivity contribution in [1.82, 2.24) is 0 Å². The normalized spacial score (nSPS) is 14.9. The van der Waals surface area contributed by atoms with Crippen LogP contribution < -0.4 is 10.2 Å². The molecule has 1 aliphatic heterocycles. The average molecular weight is 374 g/mol. The van der Waals surface area contributed by atoms with E-state index in [1.165, 1.54) is 11.3 Å². The number of amides is 1. The minimum absolute atomic E-state index is 0.0475. The Morgan fingerprint density at radius 2 is 2.16 bits per heavy atom. The van der Waals surface area contributed by atoms with Gasteiger partial charge in [0, 0.05) is 18.1 Å². The van der Waals surface area contributed by atoms with Crippen LogP contribution in [0.25, 0.3) is 6.08 Å². The molecule has 0 bridgehead atoms. The summed E-state index contributed by atoms with van der Waals surface area (Å²) in [4.78, 5) is 14.7. The Bertz CT molecular complexity index is 821. The van der Waals surface area contributed by atoms with Gasteiger partial charge in [-0.15, -0.1) is 0 Å². The Hall–Kier alpha value is -2.33. The number of nitrogens with one attached hydrogen (secondary N) is 1. The lowest BCUT2D eigenvalue weighted by atomic mass is 10.1. The molecular weight excluding hydrogens is 358 g/mol. The molecule has 0 unspecified atom stereocenters. The molecule has 1 aliphatic rings. The van der Waals surface area contributed by atoms with Crippen LogP contribution >= 0.6 is 22.9 Å². The summed E-state index contributed by atoms with van der Waals surface area (Å²) in [7, 11) is 0. The molecule has 0 spiro atoms. The lowest BCUT2D eigenvalue weighted by Gasteiger charge is -2.30. The van der Waals surface area contributed by atoms with Crippen LogP contribution in [0, 0.1) is 11.3 Å². The van der Waals surface area contributed by atoms with Gasteiger partial charge in [0.15, 0.2) is 0 Å². The average Bonchev–Trinajstić information content (AvgIpc) is 3.13. The van der Waals surface area contributed by atoms with Crippen molar-refractivity contribution in [1.29, 1.82) is 5.26 Å². The van der Waals surface area contributed by atoms with Crippen molar-refractivity contribution in [2.24, 2.45) is 0 Å². The molecule has 2 heterocycles. The van der Waals surface area contributed by atoms with Crippen molar-refractivity contribution in [2.45, 2.75) is 0 Å². The first-order valence-electron chi connectivity index (χ1n) is 7.75. The number of carbonyl (C=O) groups is 1. The maximum Gasteiger partial charge on any atom is 0.266 e. The molecule has 0 aliphatic carbocycles. The summed E-state index contributed by atoms with van der Waals surface area (Å²) in [6.07, 6.45) is 1.57. The summed E-state index contributed by atoms with van der Waals surface area (Å²) in [6, 6.07) is 9.17. The van der Waals surface area contributed by atoms with Crippen molar-refractivity contribution >= 4 is 46.3 Å². The Balaban J connectivity index is 1.85. The maximum atomic E-state index is 12.5. The summed E-state index contributed by atoms with van der Waals surface area (Å²) in [5.41, 5.74) is 2.34. The van der Waals surface area contributed by atoms with Gasteiger partial charge in [-0.25, -0.2) is 0 Å². The summed E-state index contributed by atoms with van der Waals surface area (Å²) in [6.45, 7) is 2.75. The zero-order valence-corrected chi connectivity index (χ0v) is 14.9. The Kier molecular flexibility index (Phi) is 5.71.